The summed E-state index contributed by atoms with van der Waals surface area (Å²) in [6.07, 6.45) is -3.92. The first kappa shape index (κ1) is 20.6. The number of pyridine rings is 1. The SMILES string of the molecule is Cc1ccc2nc(C)cc(OCC(=O)NCCc3ccc(C(F)(F)F)cc3)c2c1. The Hall–Kier alpha value is -3.09. The summed E-state index contributed by atoms with van der Waals surface area (Å²) < 4.78 is 43.4. The number of halogens is 3. The molecule has 0 fully saturated rings. The molecule has 7 heteroatoms. The predicted octanol–water partition coefficient (Wildman–Crippen LogP) is 4.61. The molecule has 0 aliphatic heterocycles. The Labute approximate surface area is 166 Å². The number of benzene rings is 2. The fourth-order valence-corrected chi connectivity index (χ4v) is 2.95. The van der Waals surface area contributed by atoms with Gasteiger partial charge in [0.2, 0.25) is 0 Å². The van der Waals surface area contributed by atoms with E-state index in [2.05, 4.69) is 10.3 Å². The smallest absolute Gasteiger partial charge is 0.416 e. The number of amides is 1. The van der Waals surface area contributed by atoms with Gasteiger partial charge in [-0.25, -0.2) is 0 Å². The fraction of sp³-hybridized carbons (Fsp3) is 0.273. The molecule has 0 spiro atoms. The van der Waals surface area contributed by atoms with Gasteiger partial charge in [-0.2, -0.15) is 13.2 Å². The van der Waals surface area contributed by atoms with Gasteiger partial charge in [-0.1, -0.05) is 23.8 Å². The van der Waals surface area contributed by atoms with Crippen LogP contribution in [0.3, 0.4) is 0 Å². The highest BCUT2D eigenvalue weighted by atomic mass is 19.4. The molecule has 0 aliphatic carbocycles. The van der Waals surface area contributed by atoms with Crippen LogP contribution in [-0.2, 0) is 17.4 Å². The van der Waals surface area contributed by atoms with Crippen LogP contribution in [0.1, 0.15) is 22.4 Å². The summed E-state index contributed by atoms with van der Waals surface area (Å²) in [5.41, 5.74) is 2.68. The molecule has 0 unspecified atom stereocenters. The van der Waals surface area contributed by atoms with Crippen LogP contribution >= 0.6 is 0 Å². The van der Waals surface area contributed by atoms with Crippen LogP contribution < -0.4 is 10.1 Å². The Balaban J connectivity index is 1.53. The molecule has 0 saturated carbocycles. The third-order valence-electron chi connectivity index (χ3n) is 4.43. The van der Waals surface area contributed by atoms with Gasteiger partial charge in [0.15, 0.2) is 6.61 Å². The van der Waals surface area contributed by atoms with Crippen LogP contribution in [0, 0.1) is 13.8 Å². The Bertz CT molecular complexity index is 1010. The van der Waals surface area contributed by atoms with Gasteiger partial charge >= 0.3 is 6.18 Å². The maximum absolute atomic E-state index is 12.6. The number of carbonyl (C=O) groups excluding carboxylic acids is 1. The second-order valence-corrected chi connectivity index (χ2v) is 6.87. The zero-order valence-electron chi connectivity index (χ0n) is 16.1. The lowest BCUT2D eigenvalue weighted by molar-refractivity contribution is -0.137. The zero-order valence-corrected chi connectivity index (χ0v) is 16.1. The highest BCUT2D eigenvalue weighted by molar-refractivity contribution is 5.86. The van der Waals surface area contributed by atoms with E-state index in [1.165, 1.54) is 12.1 Å². The summed E-state index contributed by atoms with van der Waals surface area (Å²) in [6, 6.07) is 12.5. The summed E-state index contributed by atoms with van der Waals surface area (Å²) >= 11 is 0. The Kier molecular flexibility index (Phi) is 6.06. The first-order valence-electron chi connectivity index (χ1n) is 9.16. The number of ether oxygens (including phenoxy) is 1. The van der Waals surface area contributed by atoms with E-state index < -0.39 is 11.7 Å². The number of fused-ring (bicyclic) bond motifs is 1. The normalized spacial score (nSPS) is 11.5. The minimum Gasteiger partial charge on any atom is -0.483 e. The fourth-order valence-electron chi connectivity index (χ4n) is 2.95. The van der Waals surface area contributed by atoms with Gasteiger partial charge in [0.25, 0.3) is 5.91 Å². The summed E-state index contributed by atoms with van der Waals surface area (Å²) in [6.45, 7) is 3.98. The molecule has 1 heterocycles. The molecule has 0 atom stereocenters. The Morgan fingerprint density at radius 1 is 1.07 bits per heavy atom. The lowest BCUT2D eigenvalue weighted by atomic mass is 10.1. The van der Waals surface area contributed by atoms with Crippen LogP contribution in [0.25, 0.3) is 10.9 Å². The van der Waals surface area contributed by atoms with Crippen molar-refractivity contribution in [1.29, 1.82) is 0 Å². The third kappa shape index (κ3) is 5.47. The standard InChI is InChI=1S/C22H21F3N2O2/c1-14-3-8-19-18(11-14)20(12-15(2)27-19)29-13-21(28)26-10-9-16-4-6-17(7-5-16)22(23,24)25/h3-8,11-12H,9-10,13H2,1-2H3,(H,26,28). The molecule has 1 N–H and O–H groups in total. The Morgan fingerprint density at radius 3 is 2.48 bits per heavy atom. The average Bonchev–Trinajstić information content (AvgIpc) is 2.66. The van der Waals surface area contributed by atoms with Gasteiger partial charge in [0.1, 0.15) is 5.75 Å². The summed E-state index contributed by atoms with van der Waals surface area (Å²) in [5, 5.41) is 3.56. The van der Waals surface area contributed by atoms with Crippen LogP contribution in [0.5, 0.6) is 5.75 Å². The van der Waals surface area contributed by atoms with Crippen molar-refractivity contribution in [2.75, 3.05) is 13.2 Å². The van der Waals surface area contributed by atoms with Crippen molar-refractivity contribution in [2.24, 2.45) is 0 Å². The largest absolute Gasteiger partial charge is 0.483 e. The van der Waals surface area contributed by atoms with Gasteiger partial charge in [-0.15, -0.1) is 0 Å². The summed E-state index contributed by atoms with van der Waals surface area (Å²) in [7, 11) is 0. The van der Waals surface area contributed by atoms with E-state index in [-0.39, 0.29) is 12.5 Å². The molecule has 2 aromatic carbocycles. The maximum atomic E-state index is 12.6. The number of nitrogens with zero attached hydrogens (tertiary/aromatic N) is 1. The highest BCUT2D eigenvalue weighted by Gasteiger charge is 2.29. The molecular formula is C22H21F3N2O2. The van der Waals surface area contributed by atoms with Crippen LogP contribution in [-0.4, -0.2) is 24.0 Å². The van der Waals surface area contributed by atoms with Gasteiger partial charge in [0.05, 0.1) is 11.1 Å². The van der Waals surface area contributed by atoms with E-state index in [0.29, 0.717) is 24.3 Å². The van der Waals surface area contributed by atoms with Crippen LogP contribution in [0.4, 0.5) is 13.2 Å². The number of hydrogen-bond acceptors (Lipinski definition) is 3. The topological polar surface area (TPSA) is 51.2 Å². The molecule has 0 radical (unpaired) electrons. The highest BCUT2D eigenvalue weighted by Crippen LogP contribution is 2.29. The lowest BCUT2D eigenvalue weighted by Gasteiger charge is -2.11. The first-order chi connectivity index (χ1) is 13.7. The van der Waals surface area contributed by atoms with Crippen molar-refractivity contribution in [2.45, 2.75) is 26.4 Å². The van der Waals surface area contributed by atoms with Gasteiger partial charge in [-0.3, -0.25) is 9.78 Å². The van der Waals surface area contributed by atoms with Crippen molar-refractivity contribution in [3.63, 3.8) is 0 Å². The van der Waals surface area contributed by atoms with Crippen LogP contribution in [0.2, 0.25) is 0 Å². The van der Waals surface area contributed by atoms with Crippen molar-refractivity contribution >= 4 is 16.8 Å². The van der Waals surface area contributed by atoms with E-state index in [1.54, 1.807) is 6.07 Å². The van der Waals surface area contributed by atoms with Crippen molar-refractivity contribution in [3.8, 4) is 5.75 Å². The van der Waals surface area contributed by atoms with E-state index in [1.807, 2.05) is 32.0 Å². The zero-order chi connectivity index (χ0) is 21.0. The minimum absolute atomic E-state index is 0.153. The number of carbonyl (C=O) groups is 1. The number of rotatable bonds is 6. The molecule has 4 nitrogen and oxygen atoms in total. The number of hydrogen-bond donors (Lipinski definition) is 1. The molecule has 1 amide bonds. The monoisotopic (exact) mass is 402 g/mol. The van der Waals surface area contributed by atoms with E-state index in [0.717, 1.165) is 34.3 Å². The molecular weight excluding hydrogens is 381 g/mol. The summed E-state index contributed by atoms with van der Waals surface area (Å²) in [4.78, 5) is 16.5. The number of aryl methyl sites for hydroxylation is 2. The van der Waals surface area contributed by atoms with Crippen LogP contribution in [0.15, 0.2) is 48.5 Å². The number of alkyl halides is 3. The van der Waals surface area contributed by atoms with Crippen molar-refractivity contribution in [1.82, 2.24) is 10.3 Å². The quantitative estimate of drug-likeness (QED) is 0.655. The minimum atomic E-state index is -4.35. The first-order valence-corrected chi connectivity index (χ1v) is 9.16. The molecule has 152 valence electrons. The number of nitrogens with one attached hydrogen (secondary N) is 1. The summed E-state index contributed by atoms with van der Waals surface area (Å²) in [5.74, 6) is 0.293. The van der Waals surface area contributed by atoms with E-state index in [4.69, 9.17) is 4.74 Å². The maximum Gasteiger partial charge on any atom is 0.416 e. The Morgan fingerprint density at radius 2 is 1.79 bits per heavy atom. The third-order valence-corrected chi connectivity index (χ3v) is 4.43. The van der Waals surface area contributed by atoms with Gasteiger partial charge in [-0.05, 0) is 50.1 Å². The van der Waals surface area contributed by atoms with Crippen molar-refractivity contribution < 1.29 is 22.7 Å². The predicted molar refractivity (Wildman–Crippen MR) is 105 cm³/mol. The lowest BCUT2D eigenvalue weighted by Crippen LogP contribution is -2.30. The molecule has 3 aromatic rings. The molecule has 0 bridgehead atoms. The van der Waals surface area contributed by atoms with E-state index in [9.17, 15) is 18.0 Å². The molecule has 0 aliphatic rings. The molecule has 3 rings (SSSR count). The van der Waals surface area contributed by atoms with Gasteiger partial charge < -0.3 is 10.1 Å². The molecule has 0 saturated heterocycles. The van der Waals surface area contributed by atoms with E-state index >= 15 is 0 Å². The average molecular weight is 402 g/mol. The second-order valence-electron chi connectivity index (χ2n) is 6.87. The second kappa shape index (κ2) is 8.51. The van der Waals surface area contributed by atoms with Crippen molar-refractivity contribution in [3.05, 3.63) is 70.9 Å². The van der Waals surface area contributed by atoms with Gasteiger partial charge in [0, 0.05) is 23.7 Å². The molecule has 1 aromatic heterocycles. The molecule has 29 heavy (non-hydrogen) atoms. The number of aromatic nitrogens is 1.